The van der Waals surface area contributed by atoms with Crippen LogP contribution < -0.4 is 21.9 Å². The van der Waals surface area contributed by atoms with Crippen LogP contribution in [0.25, 0.3) is 0 Å². The van der Waals surface area contributed by atoms with Gasteiger partial charge in [0.2, 0.25) is 17.4 Å². The molecule has 0 radical (unpaired) electrons. The number of fused-ring (bicyclic) bond motifs is 3. The van der Waals surface area contributed by atoms with Gasteiger partial charge in [0.1, 0.15) is 11.4 Å². The lowest BCUT2D eigenvalue weighted by atomic mass is 9.97. The van der Waals surface area contributed by atoms with Crippen LogP contribution in [0.2, 0.25) is 0 Å². The zero-order chi connectivity index (χ0) is 24.2. The summed E-state index contributed by atoms with van der Waals surface area (Å²) in [7, 11) is 3.86. The van der Waals surface area contributed by atoms with Crippen molar-refractivity contribution in [2.45, 2.75) is 18.5 Å². The van der Waals surface area contributed by atoms with Crippen LogP contribution in [-0.4, -0.2) is 56.9 Å². The van der Waals surface area contributed by atoms with Gasteiger partial charge in [-0.2, -0.15) is 0 Å². The van der Waals surface area contributed by atoms with Gasteiger partial charge in [-0.3, -0.25) is 33.2 Å². The molecule has 172 valence electrons. The highest BCUT2D eigenvalue weighted by Crippen LogP contribution is 2.44. The van der Waals surface area contributed by atoms with E-state index in [0.717, 1.165) is 9.47 Å². The van der Waals surface area contributed by atoms with Crippen LogP contribution in [-0.2, 0) is 28.4 Å². The highest BCUT2D eigenvalue weighted by Gasteiger charge is 2.60. The molecule has 0 spiro atoms. The third kappa shape index (κ3) is 2.90. The number of carbonyl (C=O) groups excluding carboxylic acids is 4. The Bertz CT molecular complexity index is 1360. The molecule has 1 aromatic heterocycles. The maximum absolute atomic E-state index is 13.3. The van der Waals surface area contributed by atoms with Gasteiger partial charge in [-0.25, -0.2) is 9.59 Å². The van der Waals surface area contributed by atoms with Crippen LogP contribution in [0.4, 0.5) is 11.5 Å². The zero-order valence-corrected chi connectivity index (χ0v) is 18.2. The summed E-state index contributed by atoms with van der Waals surface area (Å²) in [5.74, 6) is -3.13. The molecule has 2 amide bonds. The number of para-hydroxylation sites is 1. The van der Waals surface area contributed by atoms with Crippen LogP contribution in [0.15, 0.2) is 33.9 Å². The number of hydrogen-bond acceptors (Lipinski definition) is 8. The standard InChI is InChI=1S/C21H21N5O7/c1-23-16(22)15(18(30)24(2)20(23)32)13(27)10-33-19(31)21-9-8-14(28)26(21)12-7-5-4-6-11(12)17(29)25(21)3/h4-7H,8-10,22H2,1-3H3/t21-/m1/s1. The van der Waals surface area contributed by atoms with Gasteiger partial charge < -0.3 is 15.4 Å². The molecule has 0 saturated carbocycles. The predicted molar refractivity (Wildman–Crippen MR) is 115 cm³/mol. The van der Waals surface area contributed by atoms with E-state index in [4.69, 9.17) is 10.5 Å². The number of anilines is 2. The number of ketones is 1. The molecular formula is C21H21N5O7. The summed E-state index contributed by atoms with van der Waals surface area (Å²) in [6.45, 7) is -0.871. The molecule has 2 aromatic rings. The Hall–Kier alpha value is -4.22. The SMILES string of the molecule is CN1C(=O)c2ccccc2N2C(=O)CC[C@@]12C(=O)OCC(=O)c1c(N)n(C)c(=O)n(C)c1=O. The number of hydrogen-bond donors (Lipinski definition) is 1. The molecule has 12 nitrogen and oxygen atoms in total. The Morgan fingerprint density at radius 2 is 1.73 bits per heavy atom. The molecule has 1 fully saturated rings. The highest BCUT2D eigenvalue weighted by atomic mass is 16.5. The number of nitrogens with zero attached hydrogens (tertiary/aromatic N) is 4. The number of benzene rings is 1. The second kappa shape index (κ2) is 7.43. The van der Waals surface area contributed by atoms with Crippen molar-refractivity contribution in [2.24, 2.45) is 14.1 Å². The summed E-state index contributed by atoms with van der Waals surface area (Å²) < 4.78 is 6.88. The minimum Gasteiger partial charge on any atom is -0.454 e. The van der Waals surface area contributed by atoms with Crippen molar-refractivity contribution < 1.29 is 23.9 Å². The van der Waals surface area contributed by atoms with Crippen molar-refractivity contribution in [3.8, 4) is 0 Å². The third-order valence-electron chi connectivity index (χ3n) is 6.19. The summed E-state index contributed by atoms with van der Waals surface area (Å²) in [6, 6.07) is 6.40. The summed E-state index contributed by atoms with van der Waals surface area (Å²) in [5.41, 5.74) is 2.42. The summed E-state index contributed by atoms with van der Waals surface area (Å²) in [6.07, 6.45) is -0.0392. The molecule has 12 heteroatoms. The van der Waals surface area contributed by atoms with Gasteiger partial charge in [0, 0.05) is 34.0 Å². The number of ether oxygens (including phenoxy) is 1. The fraction of sp³-hybridized carbons (Fsp3) is 0.333. The molecule has 1 atom stereocenters. The maximum Gasteiger partial charge on any atom is 0.354 e. The Labute approximate surface area is 186 Å². The van der Waals surface area contributed by atoms with E-state index in [0.29, 0.717) is 4.57 Å². The summed E-state index contributed by atoms with van der Waals surface area (Å²) in [5, 5.41) is 0. The number of amides is 2. The molecule has 4 rings (SSSR count). The monoisotopic (exact) mass is 455 g/mol. The van der Waals surface area contributed by atoms with Gasteiger partial charge in [-0.1, -0.05) is 12.1 Å². The Morgan fingerprint density at radius 3 is 2.42 bits per heavy atom. The lowest BCUT2D eigenvalue weighted by Gasteiger charge is -2.46. The molecule has 0 bridgehead atoms. The number of likely N-dealkylation sites (N-methyl/N-ethyl adjacent to an activating group) is 1. The first kappa shape index (κ1) is 22.0. The minimum absolute atomic E-state index is 0.0106. The second-order valence-corrected chi connectivity index (χ2v) is 7.89. The molecule has 2 aliphatic heterocycles. The first-order valence-corrected chi connectivity index (χ1v) is 10.00. The number of nitrogens with two attached hydrogens (primary N) is 1. The Kier molecular flexibility index (Phi) is 4.95. The molecule has 2 N–H and O–H groups in total. The van der Waals surface area contributed by atoms with E-state index in [1.165, 1.54) is 26.0 Å². The normalized spacial score (nSPS) is 19.4. The molecule has 3 heterocycles. The van der Waals surface area contributed by atoms with Crippen LogP contribution in [0.1, 0.15) is 33.6 Å². The van der Waals surface area contributed by atoms with Gasteiger partial charge in [0.25, 0.3) is 11.5 Å². The number of Topliss-reactive ketones (excluding diaryl/α,β-unsaturated/α-hetero) is 1. The average molecular weight is 455 g/mol. The minimum atomic E-state index is -1.76. The molecule has 2 aliphatic rings. The number of rotatable bonds is 4. The fourth-order valence-corrected chi connectivity index (χ4v) is 4.33. The topological polar surface area (TPSA) is 154 Å². The van der Waals surface area contributed by atoms with E-state index in [1.54, 1.807) is 24.3 Å². The first-order valence-electron chi connectivity index (χ1n) is 10.00. The van der Waals surface area contributed by atoms with Gasteiger partial charge in [0.15, 0.2) is 6.61 Å². The Balaban J connectivity index is 1.68. The van der Waals surface area contributed by atoms with Crippen molar-refractivity contribution in [1.29, 1.82) is 0 Å². The zero-order valence-electron chi connectivity index (χ0n) is 18.2. The molecule has 0 aliphatic carbocycles. The fourth-order valence-electron chi connectivity index (χ4n) is 4.33. The number of carbonyl (C=O) groups is 4. The lowest BCUT2D eigenvalue weighted by molar-refractivity contribution is -0.155. The van der Waals surface area contributed by atoms with Crippen molar-refractivity contribution in [1.82, 2.24) is 14.0 Å². The molecule has 33 heavy (non-hydrogen) atoms. The third-order valence-corrected chi connectivity index (χ3v) is 6.19. The van der Waals surface area contributed by atoms with E-state index >= 15 is 0 Å². The molecular weight excluding hydrogens is 434 g/mol. The lowest BCUT2D eigenvalue weighted by Crippen LogP contribution is -2.67. The van der Waals surface area contributed by atoms with Gasteiger partial charge in [-0.15, -0.1) is 0 Å². The predicted octanol–water partition coefficient (Wildman–Crippen LogP) is -0.999. The van der Waals surface area contributed by atoms with Crippen molar-refractivity contribution >= 4 is 35.1 Å². The molecule has 1 aromatic carbocycles. The van der Waals surface area contributed by atoms with Crippen molar-refractivity contribution in [3.63, 3.8) is 0 Å². The maximum atomic E-state index is 13.3. The van der Waals surface area contributed by atoms with Crippen LogP contribution in [0.5, 0.6) is 0 Å². The van der Waals surface area contributed by atoms with Crippen LogP contribution in [0.3, 0.4) is 0 Å². The number of aromatic nitrogens is 2. The number of esters is 1. The Morgan fingerprint density at radius 1 is 1.06 bits per heavy atom. The van der Waals surface area contributed by atoms with Gasteiger partial charge >= 0.3 is 11.7 Å². The second-order valence-electron chi connectivity index (χ2n) is 7.89. The average Bonchev–Trinajstić information content (AvgIpc) is 3.17. The van der Waals surface area contributed by atoms with E-state index in [-0.39, 0.29) is 35.8 Å². The van der Waals surface area contributed by atoms with Crippen molar-refractivity contribution in [3.05, 3.63) is 56.2 Å². The quantitative estimate of drug-likeness (QED) is 0.455. The first-order chi connectivity index (χ1) is 15.5. The molecule has 1 saturated heterocycles. The van der Waals surface area contributed by atoms with Crippen LogP contribution in [0, 0.1) is 0 Å². The largest absolute Gasteiger partial charge is 0.454 e. The summed E-state index contributed by atoms with van der Waals surface area (Å²) in [4.78, 5) is 78.4. The van der Waals surface area contributed by atoms with E-state index in [9.17, 15) is 28.8 Å². The van der Waals surface area contributed by atoms with E-state index in [1.807, 2.05) is 0 Å². The molecule has 0 unspecified atom stereocenters. The van der Waals surface area contributed by atoms with Gasteiger partial charge in [-0.05, 0) is 12.1 Å². The van der Waals surface area contributed by atoms with Gasteiger partial charge in [0.05, 0.1) is 11.3 Å². The summed E-state index contributed by atoms with van der Waals surface area (Å²) >= 11 is 0. The van der Waals surface area contributed by atoms with Crippen LogP contribution >= 0.6 is 0 Å². The van der Waals surface area contributed by atoms with E-state index < -0.39 is 46.7 Å². The highest BCUT2D eigenvalue weighted by molar-refractivity contribution is 6.15. The number of nitrogen functional groups attached to an aromatic ring is 1. The van der Waals surface area contributed by atoms with E-state index in [2.05, 4.69) is 0 Å². The smallest absolute Gasteiger partial charge is 0.354 e. The van der Waals surface area contributed by atoms with Crippen molar-refractivity contribution in [2.75, 3.05) is 24.3 Å².